The maximum Gasteiger partial charge on any atom is 0.149 e. The van der Waals surface area contributed by atoms with E-state index in [0.717, 1.165) is 33.7 Å². The summed E-state index contributed by atoms with van der Waals surface area (Å²) in [6, 6.07) is 8.19. The Kier molecular flexibility index (Phi) is 3.20. The van der Waals surface area contributed by atoms with Gasteiger partial charge in [-0.2, -0.15) is 0 Å². The summed E-state index contributed by atoms with van der Waals surface area (Å²) in [5, 5.41) is 4.34. The van der Waals surface area contributed by atoms with Gasteiger partial charge in [-0.05, 0) is 18.2 Å². The smallest absolute Gasteiger partial charge is 0.149 e. The molecule has 122 valence electrons. The van der Waals surface area contributed by atoms with Crippen molar-refractivity contribution in [1.29, 1.82) is 0 Å². The molecule has 2 N–H and O–H groups in total. The minimum atomic E-state index is -0.393. The number of nitrogens with zero attached hydrogens (tertiary/aromatic N) is 2. The summed E-state index contributed by atoms with van der Waals surface area (Å²) >= 11 is 0. The number of Topliss-reactive ketones (excluding diaryl/α,β-unsaturated/α-hetero) is 1. The summed E-state index contributed by atoms with van der Waals surface area (Å²) in [6.45, 7) is 6.42. The first-order chi connectivity index (χ1) is 11.4. The van der Waals surface area contributed by atoms with Crippen LogP contribution >= 0.6 is 0 Å². The van der Waals surface area contributed by atoms with Gasteiger partial charge in [0.1, 0.15) is 11.6 Å². The van der Waals surface area contributed by atoms with Gasteiger partial charge in [-0.25, -0.2) is 9.97 Å². The van der Waals surface area contributed by atoms with E-state index in [0.29, 0.717) is 6.54 Å². The number of nitrogens with one attached hydrogen (secondary N) is 2. The number of H-pyrrole nitrogens is 1. The second kappa shape index (κ2) is 5.16. The molecule has 0 bridgehead atoms. The predicted molar refractivity (Wildman–Crippen MR) is 95.0 cm³/mol. The van der Waals surface area contributed by atoms with Crippen LogP contribution in [0.3, 0.4) is 0 Å². The fourth-order valence-electron chi connectivity index (χ4n) is 3.17. The van der Waals surface area contributed by atoms with Crippen LogP contribution in [0.4, 0.5) is 5.82 Å². The molecule has 2 aromatic heterocycles. The summed E-state index contributed by atoms with van der Waals surface area (Å²) in [6.07, 6.45) is 3.69. The van der Waals surface area contributed by atoms with Gasteiger partial charge in [0, 0.05) is 34.6 Å². The summed E-state index contributed by atoms with van der Waals surface area (Å²) in [4.78, 5) is 25.2. The van der Waals surface area contributed by atoms with Crippen molar-refractivity contribution in [1.82, 2.24) is 15.0 Å². The van der Waals surface area contributed by atoms with Crippen molar-refractivity contribution in [3.05, 3.63) is 42.4 Å². The van der Waals surface area contributed by atoms with Crippen molar-refractivity contribution in [2.45, 2.75) is 26.7 Å². The van der Waals surface area contributed by atoms with Crippen LogP contribution in [-0.4, -0.2) is 27.3 Å². The molecule has 1 aliphatic heterocycles. The molecular formula is C19H20N4O. The molecule has 3 heterocycles. The Morgan fingerprint density at radius 1 is 1.25 bits per heavy atom. The summed E-state index contributed by atoms with van der Waals surface area (Å²) in [7, 11) is 0. The topological polar surface area (TPSA) is 70.7 Å². The van der Waals surface area contributed by atoms with E-state index in [4.69, 9.17) is 4.98 Å². The van der Waals surface area contributed by atoms with Gasteiger partial charge in [-0.1, -0.05) is 26.8 Å². The molecular weight excluding hydrogens is 300 g/mol. The highest BCUT2D eigenvalue weighted by Crippen LogP contribution is 2.35. The molecule has 5 heteroatoms. The largest absolute Gasteiger partial charge is 0.367 e. The molecule has 0 radical (unpaired) electrons. The second-order valence-corrected chi connectivity index (χ2v) is 7.32. The number of anilines is 1. The Labute approximate surface area is 140 Å². The quantitative estimate of drug-likeness (QED) is 0.754. The number of rotatable bonds is 2. The third kappa shape index (κ3) is 2.37. The maximum absolute atomic E-state index is 12.7. The van der Waals surface area contributed by atoms with Crippen LogP contribution in [0.5, 0.6) is 0 Å². The van der Waals surface area contributed by atoms with Crippen LogP contribution in [0.2, 0.25) is 0 Å². The zero-order valence-electron chi connectivity index (χ0n) is 14.1. The molecule has 1 aliphatic rings. The third-order valence-corrected chi connectivity index (χ3v) is 4.51. The number of ketones is 1. The van der Waals surface area contributed by atoms with E-state index in [1.807, 2.05) is 45.2 Å². The minimum Gasteiger partial charge on any atom is -0.367 e. The highest BCUT2D eigenvalue weighted by atomic mass is 16.1. The molecule has 4 rings (SSSR count). The standard InChI is InChI=1S/C19H20N4O/c1-19(2,3)17(24)13-9-21-18-16(13)23-15(10-22-18)11-4-5-14-12(8-11)6-7-20-14/h4-8,10,13,20H,9H2,1-3H3,(H,21,22). The Balaban J connectivity index is 1.76. The number of hydrogen-bond donors (Lipinski definition) is 2. The van der Waals surface area contributed by atoms with Gasteiger partial charge in [0.05, 0.1) is 23.5 Å². The van der Waals surface area contributed by atoms with E-state index in [1.165, 1.54) is 0 Å². The molecule has 0 aliphatic carbocycles. The number of fused-ring (bicyclic) bond motifs is 2. The van der Waals surface area contributed by atoms with Crippen molar-refractivity contribution < 1.29 is 4.79 Å². The fraction of sp³-hybridized carbons (Fsp3) is 0.316. The van der Waals surface area contributed by atoms with Crippen molar-refractivity contribution >= 4 is 22.5 Å². The Hall–Kier alpha value is -2.69. The minimum absolute atomic E-state index is 0.196. The van der Waals surface area contributed by atoms with Gasteiger partial charge in [0.25, 0.3) is 0 Å². The highest BCUT2D eigenvalue weighted by Gasteiger charge is 2.37. The van der Waals surface area contributed by atoms with E-state index in [2.05, 4.69) is 21.4 Å². The molecule has 0 saturated heterocycles. The zero-order chi connectivity index (χ0) is 16.9. The van der Waals surface area contributed by atoms with Crippen molar-refractivity contribution in [2.75, 3.05) is 11.9 Å². The monoisotopic (exact) mass is 320 g/mol. The number of aromatic amines is 1. The Morgan fingerprint density at radius 3 is 2.88 bits per heavy atom. The van der Waals surface area contributed by atoms with E-state index < -0.39 is 5.41 Å². The molecule has 0 fully saturated rings. The Bertz CT molecular complexity index is 936. The summed E-state index contributed by atoms with van der Waals surface area (Å²) < 4.78 is 0. The van der Waals surface area contributed by atoms with Crippen molar-refractivity contribution in [3.8, 4) is 11.3 Å². The Morgan fingerprint density at radius 2 is 2.08 bits per heavy atom. The SMILES string of the molecule is CC(C)(C)C(=O)C1CNc2ncc(-c3ccc4[nH]ccc4c3)nc21. The molecule has 1 aromatic carbocycles. The van der Waals surface area contributed by atoms with Crippen LogP contribution in [-0.2, 0) is 4.79 Å². The maximum atomic E-state index is 12.7. The first kappa shape index (κ1) is 14.9. The lowest BCUT2D eigenvalue weighted by atomic mass is 9.82. The van der Waals surface area contributed by atoms with Gasteiger partial charge in [-0.15, -0.1) is 0 Å². The fourth-order valence-corrected chi connectivity index (χ4v) is 3.17. The van der Waals surface area contributed by atoms with Gasteiger partial charge in [-0.3, -0.25) is 4.79 Å². The van der Waals surface area contributed by atoms with Crippen LogP contribution < -0.4 is 5.32 Å². The number of hydrogen-bond acceptors (Lipinski definition) is 4. The lowest BCUT2D eigenvalue weighted by Gasteiger charge is -2.20. The van der Waals surface area contributed by atoms with E-state index in [1.54, 1.807) is 6.20 Å². The molecule has 3 aromatic rings. The van der Waals surface area contributed by atoms with Crippen LogP contribution in [0, 0.1) is 5.41 Å². The van der Waals surface area contributed by atoms with Crippen molar-refractivity contribution in [3.63, 3.8) is 0 Å². The second-order valence-electron chi connectivity index (χ2n) is 7.32. The van der Waals surface area contributed by atoms with Gasteiger partial charge in [0.2, 0.25) is 0 Å². The first-order valence-electron chi connectivity index (χ1n) is 8.16. The number of carbonyl (C=O) groups is 1. The van der Waals surface area contributed by atoms with Gasteiger partial charge < -0.3 is 10.3 Å². The zero-order valence-corrected chi connectivity index (χ0v) is 14.1. The van der Waals surface area contributed by atoms with Crippen LogP contribution in [0.15, 0.2) is 36.7 Å². The summed E-state index contributed by atoms with van der Waals surface area (Å²) in [5.74, 6) is 0.689. The number of aromatic nitrogens is 3. The molecule has 24 heavy (non-hydrogen) atoms. The van der Waals surface area contributed by atoms with E-state index in [9.17, 15) is 4.79 Å². The molecule has 5 nitrogen and oxygen atoms in total. The third-order valence-electron chi connectivity index (χ3n) is 4.51. The van der Waals surface area contributed by atoms with Gasteiger partial charge in [0.15, 0.2) is 0 Å². The highest BCUT2D eigenvalue weighted by molar-refractivity contribution is 5.92. The molecule has 1 atom stereocenters. The normalized spacial score (nSPS) is 16.9. The van der Waals surface area contributed by atoms with E-state index in [-0.39, 0.29) is 11.7 Å². The van der Waals surface area contributed by atoms with E-state index >= 15 is 0 Å². The molecule has 0 saturated carbocycles. The molecule has 0 spiro atoms. The number of benzene rings is 1. The van der Waals surface area contributed by atoms with Gasteiger partial charge >= 0.3 is 0 Å². The first-order valence-corrected chi connectivity index (χ1v) is 8.16. The molecule has 0 amide bonds. The predicted octanol–water partition coefficient (Wildman–Crippen LogP) is 3.75. The average molecular weight is 320 g/mol. The van der Waals surface area contributed by atoms with Crippen LogP contribution in [0.1, 0.15) is 32.4 Å². The summed E-state index contributed by atoms with van der Waals surface area (Å²) in [5.41, 5.74) is 3.27. The lowest BCUT2D eigenvalue weighted by Crippen LogP contribution is -2.28. The number of carbonyl (C=O) groups excluding carboxylic acids is 1. The van der Waals surface area contributed by atoms with Crippen molar-refractivity contribution in [2.24, 2.45) is 5.41 Å². The molecule has 1 unspecified atom stereocenters. The lowest BCUT2D eigenvalue weighted by molar-refractivity contribution is -0.127. The van der Waals surface area contributed by atoms with Crippen LogP contribution in [0.25, 0.3) is 22.2 Å². The average Bonchev–Trinajstić information content (AvgIpc) is 3.18.